The van der Waals surface area contributed by atoms with Gasteiger partial charge in [0.2, 0.25) is 0 Å². The van der Waals surface area contributed by atoms with Crippen molar-refractivity contribution in [2.45, 2.75) is 18.4 Å². The molecular weight excluding hydrogens is 180 g/mol. The molecule has 1 unspecified atom stereocenters. The molecule has 0 aromatic heterocycles. The molecule has 1 atom stereocenters. The zero-order chi connectivity index (χ0) is 7.73. The molecule has 70 valence electrons. The van der Waals surface area contributed by atoms with Crippen molar-refractivity contribution < 1.29 is 9.53 Å². The zero-order valence-electron chi connectivity index (χ0n) is 6.76. The van der Waals surface area contributed by atoms with Crippen molar-refractivity contribution in [1.82, 2.24) is 10.6 Å². The molecule has 2 fully saturated rings. The van der Waals surface area contributed by atoms with Crippen LogP contribution in [0.3, 0.4) is 0 Å². The third-order valence-electron chi connectivity index (χ3n) is 2.30. The molecule has 2 heterocycles. The van der Waals surface area contributed by atoms with Gasteiger partial charge in [-0.1, -0.05) is 0 Å². The summed E-state index contributed by atoms with van der Waals surface area (Å²) < 4.78 is 5.18. The van der Waals surface area contributed by atoms with Crippen LogP contribution in [0.4, 0.5) is 4.79 Å². The SMILES string of the molecule is Cl.O=C1NCC2(CCCNC2)O1. The monoisotopic (exact) mass is 192 g/mol. The van der Waals surface area contributed by atoms with Crippen molar-refractivity contribution in [3.05, 3.63) is 0 Å². The third-order valence-corrected chi connectivity index (χ3v) is 2.30. The number of halogens is 1. The van der Waals surface area contributed by atoms with E-state index in [0.29, 0.717) is 6.54 Å². The van der Waals surface area contributed by atoms with Gasteiger partial charge in [-0.15, -0.1) is 12.4 Å². The summed E-state index contributed by atoms with van der Waals surface area (Å²) >= 11 is 0. The number of piperidine rings is 1. The number of alkyl carbamates (subject to hydrolysis) is 1. The molecule has 2 saturated heterocycles. The lowest BCUT2D eigenvalue weighted by atomic mass is 9.95. The minimum absolute atomic E-state index is 0. The Labute approximate surface area is 77.4 Å². The predicted octanol–water partition coefficient (Wildman–Crippen LogP) is 0.270. The van der Waals surface area contributed by atoms with Crippen molar-refractivity contribution in [2.24, 2.45) is 0 Å². The molecule has 0 aromatic carbocycles. The van der Waals surface area contributed by atoms with Crippen LogP contribution in [0.5, 0.6) is 0 Å². The molecule has 2 N–H and O–H groups in total. The largest absolute Gasteiger partial charge is 0.440 e. The molecule has 1 spiro atoms. The van der Waals surface area contributed by atoms with Gasteiger partial charge in [0.15, 0.2) is 0 Å². The Morgan fingerprint density at radius 3 is 2.75 bits per heavy atom. The molecule has 0 saturated carbocycles. The Kier molecular flexibility index (Phi) is 2.80. The van der Waals surface area contributed by atoms with Gasteiger partial charge in [0.1, 0.15) is 5.60 Å². The molecular formula is C7H13ClN2O2. The first-order valence-corrected chi connectivity index (χ1v) is 3.98. The predicted molar refractivity (Wildman–Crippen MR) is 46.6 cm³/mol. The average Bonchev–Trinajstić information content (AvgIpc) is 2.34. The van der Waals surface area contributed by atoms with Crippen LogP contribution in [0.15, 0.2) is 0 Å². The van der Waals surface area contributed by atoms with Gasteiger partial charge < -0.3 is 15.4 Å². The fourth-order valence-corrected chi connectivity index (χ4v) is 1.68. The summed E-state index contributed by atoms with van der Waals surface area (Å²) in [4.78, 5) is 10.8. The smallest absolute Gasteiger partial charge is 0.407 e. The molecule has 2 aliphatic rings. The van der Waals surface area contributed by atoms with E-state index in [9.17, 15) is 4.79 Å². The number of nitrogens with one attached hydrogen (secondary N) is 2. The quantitative estimate of drug-likeness (QED) is 0.580. The molecule has 0 radical (unpaired) electrons. The molecule has 5 heteroatoms. The van der Waals surface area contributed by atoms with E-state index < -0.39 is 0 Å². The summed E-state index contributed by atoms with van der Waals surface area (Å²) in [6, 6.07) is 0. The second-order valence-corrected chi connectivity index (χ2v) is 3.21. The normalized spacial score (nSPS) is 33.8. The summed E-state index contributed by atoms with van der Waals surface area (Å²) in [5.74, 6) is 0. The number of carbonyl (C=O) groups excluding carboxylic acids is 1. The summed E-state index contributed by atoms with van der Waals surface area (Å²) in [7, 11) is 0. The minimum Gasteiger partial charge on any atom is -0.440 e. The first-order chi connectivity index (χ1) is 5.31. The molecule has 4 nitrogen and oxygen atoms in total. The topological polar surface area (TPSA) is 50.4 Å². The highest BCUT2D eigenvalue weighted by Crippen LogP contribution is 2.23. The number of hydrogen-bond acceptors (Lipinski definition) is 3. The first kappa shape index (κ1) is 9.61. The van der Waals surface area contributed by atoms with Crippen molar-refractivity contribution in [3.63, 3.8) is 0 Å². The van der Waals surface area contributed by atoms with Crippen molar-refractivity contribution in [2.75, 3.05) is 19.6 Å². The Bertz CT molecular complexity index is 180. The molecule has 1 amide bonds. The van der Waals surface area contributed by atoms with Crippen LogP contribution in [0, 0.1) is 0 Å². The van der Waals surface area contributed by atoms with Crippen LogP contribution in [-0.2, 0) is 4.74 Å². The Hall–Kier alpha value is -0.480. The molecule has 2 aliphatic heterocycles. The van der Waals surface area contributed by atoms with E-state index in [2.05, 4.69) is 10.6 Å². The standard InChI is InChI=1S/C7H12N2O2.ClH/c10-6-9-5-7(11-6)2-1-3-8-4-7;/h8H,1-5H2,(H,9,10);1H. The molecule has 12 heavy (non-hydrogen) atoms. The molecule has 0 bridgehead atoms. The van der Waals surface area contributed by atoms with E-state index in [-0.39, 0.29) is 24.1 Å². The van der Waals surface area contributed by atoms with E-state index in [1.165, 1.54) is 0 Å². The summed E-state index contributed by atoms with van der Waals surface area (Å²) in [5, 5.41) is 5.90. The number of ether oxygens (including phenoxy) is 1. The number of hydrogen-bond donors (Lipinski definition) is 2. The highest BCUT2D eigenvalue weighted by molar-refractivity contribution is 5.85. The highest BCUT2D eigenvalue weighted by Gasteiger charge is 2.40. The minimum atomic E-state index is -0.270. The van der Waals surface area contributed by atoms with Gasteiger partial charge >= 0.3 is 6.09 Å². The molecule has 0 aliphatic carbocycles. The van der Waals surface area contributed by atoms with Crippen LogP contribution >= 0.6 is 12.4 Å². The zero-order valence-corrected chi connectivity index (χ0v) is 7.58. The highest BCUT2D eigenvalue weighted by atomic mass is 35.5. The summed E-state index contributed by atoms with van der Waals surface area (Å²) in [5.41, 5.74) is -0.227. The van der Waals surface area contributed by atoms with Crippen LogP contribution in [0.25, 0.3) is 0 Å². The fraction of sp³-hybridized carbons (Fsp3) is 0.857. The molecule has 2 rings (SSSR count). The van der Waals surface area contributed by atoms with Crippen LogP contribution in [0.2, 0.25) is 0 Å². The number of carbonyl (C=O) groups is 1. The van der Waals surface area contributed by atoms with Crippen LogP contribution < -0.4 is 10.6 Å². The van der Waals surface area contributed by atoms with E-state index in [1.54, 1.807) is 0 Å². The Morgan fingerprint density at radius 2 is 2.25 bits per heavy atom. The second kappa shape index (κ2) is 3.49. The Morgan fingerprint density at radius 1 is 1.42 bits per heavy atom. The summed E-state index contributed by atoms with van der Waals surface area (Å²) in [6.45, 7) is 2.50. The van der Waals surface area contributed by atoms with Gasteiger partial charge in [0, 0.05) is 6.54 Å². The van der Waals surface area contributed by atoms with E-state index in [0.717, 1.165) is 25.9 Å². The van der Waals surface area contributed by atoms with Crippen molar-refractivity contribution in [1.29, 1.82) is 0 Å². The number of amides is 1. The molecule has 0 aromatic rings. The van der Waals surface area contributed by atoms with Gasteiger partial charge in [0.25, 0.3) is 0 Å². The van der Waals surface area contributed by atoms with Gasteiger partial charge in [-0.05, 0) is 19.4 Å². The lowest BCUT2D eigenvalue weighted by Crippen LogP contribution is -2.48. The maximum absolute atomic E-state index is 10.8. The summed E-state index contributed by atoms with van der Waals surface area (Å²) in [6.07, 6.45) is 1.81. The lowest BCUT2D eigenvalue weighted by molar-refractivity contribution is 0.0366. The van der Waals surface area contributed by atoms with E-state index in [1.807, 2.05) is 0 Å². The van der Waals surface area contributed by atoms with Gasteiger partial charge in [-0.25, -0.2) is 4.79 Å². The maximum Gasteiger partial charge on any atom is 0.407 e. The number of rotatable bonds is 0. The van der Waals surface area contributed by atoms with Crippen LogP contribution in [0.1, 0.15) is 12.8 Å². The van der Waals surface area contributed by atoms with Crippen molar-refractivity contribution >= 4 is 18.5 Å². The van der Waals surface area contributed by atoms with E-state index in [4.69, 9.17) is 4.74 Å². The van der Waals surface area contributed by atoms with Crippen molar-refractivity contribution in [3.8, 4) is 0 Å². The average molecular weight is 193 g/mol. The lowest BCUT2D eigenvalue weighted by Gasteiger charge is -2.30. The maximum atomic E-state index is 10.8. The van der Waals surface area contributed by atoms with E-state index >= 15 is 0 Å². The van der Waals surface area contributed by atoms with Gasteiger partial charge in [0.05, 0.1) is 6.54 Å². The van der Waals surface area contributed by atoms with Gasteiger partial charge in [-0.2, -0.15) is 0 Å². The Balaban J connectivity index is 0.000000720. The second-order valence-electron chi connectivity index (χ2n) is 3.21. The first-order valence-electron chi connectivity index (χ1n) is 3.98. The van der Waals surface area contributed by atoms with Crippen LogP contribution in [-0.4, -0.2) is 31.3 Å². The van der Waals surface area contributed by atoms with Gasteiger partial charge in [-0.3, -0.25) is 0 Å². The third kappa shape index (κ3) is 1.64. The fourth-order valence-electron chi connectivity index (χ4n) is 1.68.